The number of hydrogen-bond donors (Lipinski definition) is 1. The maximum Gasteiger partial charge on any atom is 0.0949 e. The lowest BCUT2D eigenvalue weighted by molar-refractivity contribution is 0.494. The minimum absolute atomic E-state index is 0.196. The molecule has 0 aliphatic heterocycles. The summed E-state index contributed by atoms with van der Waals surface area (Å²) >= 11 is 0. The van der Waals surface area contributed by atoms with E-state index in [1.54, 1.807) is 6.08 Å². The van der Waals surface area contributed by atoms with Gasteiger partial charge in [-0.3, -0.25) is 13.8 Å². The van der Waals surface area contributed by atoms with Crippen LogP contribution in [0.1, 0.15) is 12.8 Å². The molecule has 0 aliphatic rings. The summed E-state index contributed by atoms with van der Waals surface area (Å²) in [5.74, 6) is 0. The van der Waals surface area contributed by atoms with Crippen LogP contribution in [0.5, 0.6) is 0 Å². The average Bonchev–Trinajstić information content (AvgIpc) is 2.57. The minimum atomic E-state index is -0.504. The minimum Gasteiger partial charge on any atom is -0.359 e. The van der Waals surface area contributed by atoms with Gasteiger partial charge < -0.3 is 5.32 Å². The zero-order valence-electron chi connectivity index (χ0n) is 12.9. The second kappa shape index (κ2) is 9.51. The molecule has 0 unspecified atom stereocenters. The molecule has 2 nitrogen and oxygen atoms in total. The van der Waals surface area contributed by atoms with Crippen molar-refractivity contribution in [3.05, 3.63) is 72.4 Å². The number of halogens is 2. The summed E-state index contributed by atoms with van der Waals surface area (Å²) in [6.07, 6.45) is 2.16. The lowest BCUT2D eigenvalue weighted by Gasteiger charge is -2.10. The molecule has 0 heterocycles. The first-order valence-corrected chi connectivity index (χ1v) is 7.59. The Morgan fingerprint density at radius 3 is 2.09 bits per heavy atom. The Kier molecular flexibility index (Phi) is 6.98. The molecule has 2 rings (SSSR count). The molecule has 1 N–H and O–H groups in total. The highest BCUT2D eigenvalue weighted by Gasteiger charge is 2.03. The molecule has 2 aromatic rings. The van der Waals surface area contributed by atoms with Crippen LogP contribution in [-0.2, 0) is 0 Å². The van der Waals surface area contributed by atoms with E-state index in [2.05, 4.69) is 10.3 Å². The van der Waals surface area contributed by atoms with Crippen LogP contribution < -0.4 is 5.32 Å². The molecular weight excluding hydrogens is 294 g/mol. The topological polar surface area (TPSA) is 24.4 Å². The first-order chi connectivity index (χ1) is 11.3. The largest absolute Gasteiger partial charge is 0.359 e. The number of allylic oxidation sites excluding steroid dienone is 2. The molecule has 0 atom stereocenters. The van der Waals surface area contributed by atoms with E-state index >= 15 is 0 Å². The summed E-state index contributed by atoms with van der Waals surface area (Å²) in [6, 6.07) is 18.9. The van der Waals surface area contributed by atoms with Gasteiger partial charge in [-0.25, -0.2) is 0 Å². The summed E-state index contributed by atoms with van der Waals surface area (Å²) in [4.78, 5) is 4.45. The van der Waals surface area contributed by atoms with Crippen LogP contribution in [0.4, 0.5) is 20.2 Å². The molecule has 0 saturated carbocycles. The number of para-hydroxylation sites is 2. The Morgan fingerprint density at radius 2 is 1.48 bits per heavy atom. The molecule has 0 aliphatic carbocycles. The van der Waals surface area contributed by atoms with Gasteiger partial charge in [0, 0.05) is 29.9 Å². The number of anilines is 1. The van der Waals surface area contributed by atoms with Crippen LogP contribution in [0.15, 0.2) is 77.4 Å². The van der Waals surface area contributed by atoms with Crippen LogP contribution in [0.25, 0.3) is 0 Å². The summed E-state index contributed by atoms with van der Waals surface area (Å²) in [7, 11) is 0. The Hall–Kier alpha value is -2.49. The second-order valence-electron chi connectivity index (χ2n) is 4.98. The van der Waals surface area contributed by atoms with E-state index in [0.717, 1.165) is 11.4 Å². The zero-order valence-corrected chi connectivity index (χ0v) is 12.9. The number of alkyl halides is 2. The fourth-order valence-electron chi connectivity index (χ4n) is 2.11. The maximum atomic E-state index is 12.8. The van der Waals surface area contributed by atoms with Crippen LogP contribution in [0, 0.1) is 0 Å². The van der Waals surface area contributed by atoms with Gasteiger partial charge in [-0.1, -0.05) is 36.4 Å². The van der Waals surface area contributed by atoms with Gasteiger partial charge in [0.2, 0.25) is 0 Å². The van der Waals surface area contributed by atoms with Crippen molar-refractivity contribution in [3.8, 4) is 0 Å². The molecule has 0 spiro atoms. The number of nitrogens with one attached hydrogen (secondary N) is 1. The monoisotopic (exact) mass is 314 g/mol. The zero-order chi connectivity index (χ0) is 16.3. The fourth-order valence-corrected chi connectivity index (χ4v) is 2.11. The van der Waals surface area contributed by atoms with Crippen molar-refractivity contribution in [2.24, 2.45) is 4.99 Å². The van der Waals surface area contributed by atoms with Crippen molar-refractivity contribution < 1.29 is 8.78 Å². The van der Waals surface area contributed by atoms with E-state index in [1.165, 1.54) is 0 Å². The Balaban J connectivity index is 2.23. The van der Waals surface area contributed by atoms with Crippen LogP contribution >= 0.6 is 0 Å². The molecule has 4 heteroatoms. The van der Waals surface area contributed by atoms with Crippen molar-refractivity contribution in [1.82, 2.24) is 0 Å². The highest BCUT2D eigenvalue weighted by molar-refractivity contribution is 5.97. The molecule has 0 amide bonds. The fraction of sp³-hybridized carbons (Fsp3) is 0.211. The molecule has 0 radical (unpaired) electrons. The van der Waals surface area contributed by atoms with Gasteiger partial charge in [0.25, 0.3) is 0 Å². The highest BCUT2D eigenvalue weighted by atomic mass is 19.1. The number of rotatable bonds is 8. The molecule has 23 heavy (non-hydrogen) atoms. The van der Waals surface area contributed by atoms with Gasteiger partial charge in [0.15, 0.2) is 0 Å². The van der Waals surface area contributed by atoms with E-state index in [-0.39, 0.29) is 12.8 Å². The summed E-state index contributed by atoms with van der Waals surface area (Å²) in [5, 5.41) is 3.17. The third-order valence-electron chi connectivity index (χ3n) is 3.16. The van der Waals surface area contributed by atoms with Gasteiger partial charge in [-0.2, -0.15) is 0 Å². The normalized spacial score (nSPS) is 12.3. The molecular formula is C19H20F2N2. The first kappa shape index (κ1) is 16.9. The number of nitrogens with zero attached hydrogens (tertiary/aromatic N) is 1. The molecule has 0 aromatic heterocycles. The molecule has 0 fully saturated rings. The predicted molar refractivity (Wildman–Crippen MR) is 92.9 cm³/mol. The standard InChI is InChI=1S/C19H20F2N2/c20-13-11-18(22-16-7-3-1-4-8-16)15-19(12-14-21)23-17-9-5-2-6-10-17/h1-10,15,22H,11-14H2/b18-15-,23-19?. The van der Waals surface area contributed by atoms with Crippen molar-refractivity contribution in [2.45, 2.75) is 12.8 Å². The van der Waals surface area contributed by atoms with Gasteiger partial charge in [0.1, 0.15) is 0 Å². The smallest absolute Gasteiger partial charge is 0.0949 e. The Bertz CT molecular complexity index is 637. The third kappa shape index (κ3) is 6.02. The van der Waals surface area contributed by atoms with E-state index in [1.807, 2.05) is 60.7 Å². The molecule has 0 bridgehead atoms. The SMILES string of the molecule is FCCC(/C=C(/CCF)Nc1ccccc1)=Nc1ccccc1. The Morgan fingerprint density at radius 1 is 0.870 bits per heavy atom. The van der Waals surface area contributed by atoms with Crippen LogP contribution in [0.2, 0.25) is 0 Å². The number of aliphatic imine (C=N–C) groups is 1. The molecule has 0 saturated heterocycles. The van der Waals surface area contributed by atoms with E-state index < -0.39 is 13.3 Å². The quantitative estimate of drug-likeness (QED) is 0.642. The summed E-state index contributed by atoms with van der Waals surface area (Å²) in [6.45, 7) is -0.990. The number of hydrogen-bond acceptors (Lipinski definition) is 2. The van der Waals surface area contributed by atoms with E-state index in [4.69, 9.17) is 0 Å². The van der Waals surface area contributed by atoms with Crippen molar-refractivity contribution in [1.29, 1.82) is 0 Å². The summed E-state index contributed by atoms with van der Waals surface area (Å²) in [5.41, 5.74) is 2.89. The van der Waals surface area contributed by atoms with Gasteiger partial charge in [-0.15, -0.1) is 0 Å². The van der Waals surface area contributed by atoms with Crippen molar-refractivity contribution >= 4 is 17.1 Å². The first-order valence-electron chi connectivity index (χ1n) is 7.59. The maximum absolute atomic E-state index is 12.8. The summed E-state index contributed by atoms with van der Waals surface area (Å²) < 4.78 is 25.6. The predicted octanol–water partition coefficient (Wildman–Crippen LogP) is 5.47. The molecule has 2 aromatic carbocycles. The third-order valence-corrected chi connectivity index (χ3v) is 3.16. The van der Waals surface area contributed by atoms with Crippen LogP contribution in [-0.4, -0.2) is 19.1 Å². The molecule has 120 valence electrons. The van der Waals surface area contributed by atoms with Gasteiger partial charge >= 0.3 is 0 Å². The van der Waals surface area contributed by atoms with Crippen molar-refractivity contribution in [2.75, 3.05) is 18.7 Å². The van der Waals surface area contributed by atoms with Crippen molar-refractivity contribution in [3.63, 3.8) is 0 Å². The average molecular weight is 314 g/mol. The van der Waals surface area contributed by atoms with E-state index in [9.17, 15) is 8.78 Å². The number of benzene rings is 2. The lowest BCUT2D eigenvalue weighted by Crippen LogP contribution is -2.05. The lowest BCUT2D eigenvalue weighted by atomic mass is 10.2. The highest BCUT2D eigenvalue weighted by Crippen LogP contribution is 2.15. The van der Waals surface area contributed by atoms with Crippen LogP contribution in [0.3, 0.4) is 0 Å². The van der Waals surface area contributed by atoms with Gasteiger partial charge in [-0.05, 0) is 30.3 Å². The van der Waals surface area contributed by atoms with Gasteiger partial charge in [0.05, 0.1) is 19.0 Å². The Labute approximate surface area is 135 Å². The second-order valence-corrected chi connectivity index (χ2v) is 4.98. The van der Waals surface area contributed by atoms with E-state index in [0.29, 0.717) is 11.4 Å².